The van der Waals surface area contributed by atoms with Crippen LogP contribution in [0, 0.1) is 0 Å². The van der Waals surface area contributed by atoms with E-state index >= 15 is 0 Å². The maximum atomic E-state index is 13.4. The van der Waals surface area contributed by atoms with Crippen LogP contribution in [0.25, 0.3) is 0 Å². The highest BCUT2D eigenvalue weighted by Crippen LogP contribution is 2.33. The number of ether oxygens (including phenoxy) is 1. The Kier molecular flexibility index (Phi) is 7.77. The third kappa shape index (κ3) is 6.16. The number of aromatic hydroxyl groups is 1. The minimum Gasteiger partial charge on any atom is -0.508 e. The second kappa shape index (κ2) is 10.9. The highest BCUT2D eigenvalue weighted by atomic mass is 32.2. The molecule has 2 aromatic carbocycles. The number of sulfonamides is 1. The van der Waals surface area contributed by atoms with Gasteiger partial charge in [-0.1, -0.05) is 25.1 Å². The molecule has 0 amide bonds. The van der Waals surface area contributed by atoms with Gasteiger partial charge in [-0.05, 0) is 62.1 Å². The molecule has 1 aliphatic rings. The molecule has 202 valence electrons. The van der Waals surface area contributed by atoms with Crippen molar-refractivity contribution >= 4 is 33.2 Å². The summed E-state index contributed by atoms with van der Waals surface area (Å²) in [6.07, 6.45) is 4.55. The van der Waals surface area contributed by atoms with Crippen molar-refractivity contribution < 1.29 is 27.9 Å². The molecule has 1 aromatic heterocycles. The fraction of sp³-hybridized carbons (Fsp3) is 0.370. The van der Waals surface area contributed by atoms with Crippen molar-refractivity contribution in [3.05, 3.63) is 66.6 Å². The van der Waals surface area contributed by atoms with Crippen LogP contribution in [-0.4, -0.2) is 53.0 Å². The maximum Gasteiger partial charge on any atom is 0.337 e. The van der Waals surface area contributed by atoms with E-state index in [1.165, 1.54) is 17.1 Å². The molecule has 1 fully saturated rings. The fourth-order valence-corrected chi connectivity index (χ4v) is 5.61. The van der Waals surface area contributed by atoms with Crippen LogP contribution < -0.4 is 9.62 Å². The van der Waals surface area contributed by atoms with Gasteiger partial charge < -0.3 is 19.3 Å². The third-order valence-electron chi connectivity index (χ3n) is 6.46. The van der Waals surface area contributed by atoms with E-state index in [1.54, 1.807) is 67.4 Å². The van der Waals surface area contributed by atoms with E-state index in [0.29, 0.717) is 31.5 Å². The Morgan fingerprint density at radius 2 is 1.95 bits per heavy atom. The van der Waals surface area contributed by atoms with Crippen LogP contribution in [0.4, 0.5) is 11.4 Å². The molecule has 3 aromatic rings. The van der Waals surface area contributed by atoms with Gasteiger partial charge in [0.15, 0.2) is 16.9 Å². The van der Waals surface area contributed by atoms with Gasteiger partial charge in [0, 0.05) is 31.9 Å². The highest BCUT2D eigenvalue weighted by Gasteiger charge is 2.46. The van der Waals surface area contributed by atoms with Crippen molar-refractivity contribution in [2.24, 2.45) is 7.05 Å². The number of ketones is 1. The van der Waals surface area contributed by atoms with E-state index in [9.17, 15) is 23.1 Å². The molecule has 0 radical (unpaired) electrons. The Bertz CT molecular complexity index is 1400. The summed E-state index contributed by atoms with van der Waals surface area (Å²) in [5.41, 5.74) is 0.827. The van der Waals surface area contributed by atoms with Gasteiger partial charge in [0.25, 0.3) is 10.0 Å². The molecule has 1 aliphatic heterocycles. The van der Waals surface area contributed by atoms with Crippen molar-refractivity contribution in [3.63, 3.8) is 0 Å². The summed E-state index contributed by atoms with van der Waals surface area (Å²) in [6.45, 7) is 4.09. The quantitative estimate of drug-likeness (QED) is 0.296. The summed E-state index contributed by atoms with van der Waals surface area (Å²) in [5, 5.41) is 9.37. The zero-order chi connectivity index (χ0) is 27.5. The molecule has 0 bridgehead atoms. The summed E-state index contributed by atoms with van der Waals surface area (Å²) in [5.74, 6) is -0.698. The minimum atomic E-state index is -3.91. The van der Waals surface area contributed by atoms with E-state index in [0.717, 1.165) is 5.56 Å². The van der Waals surface area contributed by atoms with Gasteiger partial charge >= 0.3 is 5.97 Å². The monoisotopic (exact) mass is 540 g/mol. The summed E-state index contributed by atoms with van der Waals surface area (Å²) in [4.78, 5) is 32.2. The van der Waals surface area contributed by atoms with Gasteiger partial charge in [-0.15, -0.1) is 0 Å². The van der Waals surface area contributed by atoms with E-state index in [4.69, 9.17) is 4.74 Å². The first-order chi connectivity index (χ1) is 18.0. The van der Waals surface area contributed by atoms with E-state index in [-0.39, 0.29) is 28.7 Å². The van der Waals surface area contributed by atoms with Gasteiger partial charge in [0.05, 0.1) is 12.0 Å². The highest BCUT2D eigenvalue weighted by molar-refractivity contribution is 7.92. The number of esters is 1. The van der Waals surface area contributed by atoms with E-state index in [2.05, 4.69) is 9.71 Å². The standard InChI is InChI=1S/C27H32N4O6S/c1-4-14-31(21-7-5-6-20(15-21)29-38(35,36)24-17-30(3)18-28-24)25-23(33)16-27(2,37-26(25)34)13-12-19-8-10-22(32)11-9-19/h5-11,15,17-18,25,29,32H,4,12-14,16H2,1-3H3. The van der Waals surface area contributed by atoms with Crippen molar-refractivity contribution in [2.75, 3.05) is 16.2 Å². The van der Waals surface area contributed by atoms with Crippen LogP contribution >= 0.6 is 0 Å². The summed E-state index contributed by atoms with van der Waals surface area (Å²) < 4.78 is 35.4. The molecular weight excluding hydrogens is 508 g/mol. The number of benzene rings is 2. The topological polar surface area (TPSA) is 131 Å². The number of rotatable bonds is 10. The first kappa shape index (κ1) is 27.2. The van der Waals surface area contributed by atoms with Crippen LogP contribution in [0.1, 0.15) is 38.7 Å². The maximum absolute atomic E-state index is 13.4. The molecule has 2 atom stereocenters. The van der Waals surface area contributed by atoms with Crippen LogP contribution in [-0.2, 0) is 37.8 Å². The number of anilines is 2. The van der Waals surface area contributed by atoms with E-state index in [1.807, 2.05) is 6.92 Å². The Morgan fingerprint density at radius 3 is 2.58 bits per heavy atom. The zero-order valence-corrected chi connectivity index (χ0v) is 22.4. The molecule has 2 N–H and O–H groups in total. The fourth-order valence-electron chi connectivity index (χ4n) is 4.57. The molecule has 0 spiro atoms. The predicted octanol–water partition coefficient (Wildman–Crippen LogP) is 3.42. The number of nitrogens with one attached hydrogen (secondary N) is 1. The lowest BCUT2D eigenvalue weighted by Crippen LogP contribution is -2.56. The zero-order valence-electron chi connectivity index (χ0n) is 21.6. The predicted molar refractivity (Wildman–Crippen MR) is 142 cm³/mol. The van der Waals surface area contributed by atoms with Crippen LogP contribution in [0.2, 0.25) is 0 Å². The van der Waals surface area contributed by atoms with Crippen molar-refractivity contribution in [1.29, 1.82) is 0 Å². The molecule has 0 saturated carbocycles. The molecule has 1 saturated heterocycles. The average Bonchev–Trinajstić information content (AvgIpc) is 3.30. The van der Waals surface area contributed by atoms with Gasteiger partial charge in [-0.2, -0.15) is 8.42 Å². The first-order valence-electron chi connectivity index (χ1n) is 12.4. The number of phenols is 1. The largest absolute Gasteiger partial charge is 0.508 e. The Labute approximate surface area is 222 Å². The molecule has 11 heteroatoms. The Morgan fingerprint density at radius 1 is 1.21 bits per heavy atom. The number of hydrogen-bond acceptors (Lipinski definition) is 8. The summed E-state index contributed by atoms with van der Waals surface area (Å²) in [7, 11) is -2.24. The first-order valence-corrected chi connectivity index (χ1v) is 13.9. The lowest BCUT2D eigenvalue weighted by atomic mass is 9.86. The number of phenolic OH excluding ortho intramolecular Hbond substituents is 1. The van der Waals surface area contributed by atoms with Crippen LogP contribution in [0.15, 0.2) is 66.1 Å². The van der Waals surface area contributed by atoms with Gasteiger partial charge in [-0.3, -0.25) is 9.52 Å². The lowest BCUT2D eigenvalue weighted by Gasteiger charge is -2.40. The van der Waals surface area contributed by atoms with Crippen molar-refractivity contribution in [1.82, 2.24) is 9.55 Å². The number of Topliss-reactive ketones (excluding diaryl/α,β-unsaturated/α-hetero) is 1. The molecule has 0 aliphatic carbocycles. The Hall–Kier alpha value is -3.86. The van der Waals surface area contributed by atoms with Crippen LogP contribution in [0.5, 0.6) is 5.75 Å². The second-order valence-electron chi connectivity index (χ2n) is 9.81. The number of imidazole rings is 1. The number of carbonyl (C=O) groups excluding carboxylic acids is 2. The number of cyclic esters (lactones) is 1. The second-order valence-corrected chi connectivity index (χ2v) is 11.4. The number of hydrogen-bond donors (Lipinski definition) is 2. The van der Waals surface area contributed by atoms with Crippen molar-refractivity contribution in [2.45, 2.75) is 56.2 Å². The molecule has 10 nitrogen and oxygen atoms in total. The Balaban J connectivity index is 1.51. The third-order valence-corrected chi connectivity index (χ3v) is 7.73. The van der Waals surface area contributed by atoms with Crippen molar-refractivity contribution in [3.8, 4) is 5.75 Å². The minimum absolute atomic E-state index is 0.0632. The number of aryl methyl sites for hydroxylation is 2. The summed E-state index contributed by atoms with van der Waals surface area (Å²) in [6, 6.07) is 12.2. The molecule has 2 unspecified atom stereocenters. The van der Waals surface area contributed by atoms with Crippen LogP contribution in [0.3, 0.4) is 0 Å². The average molecular weight is 541 g/mol. The lowest BCUT2D eigenvalue weighted by molar-refractivity contribution is -0.171. The molecule has 2 heterocycles. The smallest absolute Gasteiger partial charge is 0.337 e. The SMILES string of the molecule is CCCN(c1cccc(NS(=O)(=O)c2cn(C)cn2)c1)C1C(=O)CC(C)(CCc2ccc(O)cc2)OC1=O. The van der Waals surface area contributed by atoms with Gasteiger partial charge in [0.2, 0.25) is 0 Å². The number of nitrogens with zero attached hydrogens (tertiary/aromatic N) is 3. The molecule has 38 heavy (non-hydrogen) atoms. The van der Waals surface area contributed by atoms with E-state index < -0.39 is 27.6 Å². The van der Waals surface area contributed by atoms with Gasteiger partial charge in [-0.25, -0.2) is 9.78 Å². The molecule has 4 rings (SSSR count). The molecular formula is C27H32N4O6S. The number of carbonyl (C=O) groups is 2. The summed E-state index contributed by atoms with van der Waals surface area (Å²) >= 11 is 0. The van der Waals surface area contributed by atoms with Gasteiger partial charge in [0.1, 0.15) is 11.4 Å². The number of aromatic nitrogens is 2. The normalized spacial score (nSPS) is 19.7.